The molecule has 9 nitrogen and oxygen atoms in total. The third-order valence-electron chi connectivity index (χ3n) is 5.36. The molecular formula is C24H28N2O7S. The van der Waals surface area contributed by atoms with E-state index in [2.05, 4.69) is 24.5 Å². The number of urea groups is 1. The monoisotopic (exact) mass is 488 g/mol. The highest BCUT2D eigenvalue weighted by Crippen LogP contribution is 2.34. The van der Waals surface area contributed by atoms with Crippen LogP contribution in [0.4, 0.5) is 4.79 Å². The van der Waals surface area contributed by atoms with Gasteiger partial charge in [-0.25, -0.2) is 18.0 Å². The molecule has 0 aromatic heterocycles. The summed E-state index contributed by atoms with van der Waals surface area (Å²) in [5.74, 6) is -0.984. The second kappa shape index (κ2) is 10.2. The van der Waals surface area contributed by atoms with Gasteiger partial charge in [0.25, 0.3) is 0 Å². The lowest BCUT2D eigenvalue weighted by molar-refractivity contribution is -0.136. The molecule has 3 rings (SSSR count). The minimum absolute atomic E-state index is 0.0603. The Hall–Kier alpha value is -3.53. The van der Waals surface area contributed by atoms with E-state index in [-0.39, 0.29) is 27.7 Å². The minimum Gasteiger partial charge on any atom is -0.504 e. The van der Waals surface area contributed by atoms with E-state index in [4.69, 9.17) is 9.47 Å². The van der Waals surface area contributed by atoms with Gasteiger partial charge in [0, 0.05) is 5.70 Å². The van der Waals surface area contributed by atoms with Crippen molar-refractivity contribution in [2.24, 2.45) is 5.92 Å². The van der Waals surface area contributed by atoms with Gasteiger partial charge >= 0.3 is 12.0 Å². The Balaban J connectivity index is 2.03. The molecular weight excluding hydrogens is 460 g/mol. The highest BCUT2D eigenvalue weighted by Gasteiger charge is 2.36. The number of nitrogens with one attached hydrogen (secondary N) is 2. The summed E-state index contributed by atoms with van der Waals surface area (Å²) < 4.78 is 36.4. The quantitative estimate of drug-likeness (QED) is 0.487. The predicted molar refractivity (Wildman–Crippen MR) is 125 cm³/mol. The Morgan fingerprint density at radius 1 is 1.12 bits per heavy atom. The van der Waals surface area contributed by atoms with Crippen molar-refractivity contribution in [1.29, 1.82) is 0 Å². The number of esters is 1. The number of benzene rings is 2. The van der Waals surface area contributed by atoms with Crippen LogP contribution in [0.3, 0.4) is 0 Å². The normalized spacial score (nSPS) is 16.1. The van der Waals surface area contributed by atoms with E-state index in [1.165, 1.54) is 44.6 Å². The summed E-state index contributed by atoms with van der Waals surface area (Å²) in [5, 5.41) is 15.0. The maximum absolute atomic E-state index is 13.2. The summed E-state index contributed by atoms with van der Waals surface area (Å²) in [6.07, 6.45) is 0.817. The van der Waals surface area contributed by atoms with E-state index in [0.717, 1.165) is 12.0 Å². The summed E-state index contributed by atoms with van der Waals surface area (Å²) in [6, 6.07) is 9.17. The molecule has 0 radical (unpaired) electrons. The third kappa shape index (κ3) is 5.51. The molecule has 0 aliphatic carbocycles. The van der Waals surface area contributed by atoms with Crippen LogP contribution in [-0.4, -0.2) is 45.5 Å². The standard InChI is InChI=1S/C24H28N2O7S/c1-14(2)11-15-5-8-17(9-6-15)34(30,31)13-18-21(23(28)33-4)22(26-24(29)25-18)16-7-10-19(27)20(12-16)32-3/h5-10,12,14,22,27H,11,13H2,1-4H3,(H2,25,26,29)/t22-/m1/s1. The van der Waals surface area contributed by atoms with Crippen molar-refractivity contribution in [3.63, 3.8) is 0 Å². The Labute approximate surface area is 198 Å². The van der Waals surface area contributed by atoms with Crippen LogP contribution in [0.2, 0.25) is 0 Å². The molecule has 182 valence electrons. The van der Waals surface area contributed by atoms with E-state index in [0.29, 0.717) is 11.5 Å². The van der Waals surface area contributed by atoms with Crippen molar-refractivity contribution < 1.29 is 32.6 Å². The van der Waals surface area contributed by atoms with E-state index in [9.17, 15) is 23.1 Å². The van der Waals surface area contributed by atoms with E-state index in [1.54, 1.807) is 12.1 Å². The first kappa shape index (κ1) is 25.1. The Kier molecular flexibility index (Phi) is 7.51. The molecule has 0 saturated carbocycles. The number of hydrogen-bond donors (Lipinski definition) is 3. The molecule has 0 bridgehead atoms. The fourth-order valence-electron chi connectivity index (χ4n) is 3.78. The van der Waals surface area contributed by atoms with Crippen molar-refractivity contribution >= 4 is 21.8 Å². The molecule has 1 aliphatic heterocycles. The number of amides is 2. The van der Waals surface area contributed by atoms with Crippen molar-refractivity contribution in [2.45, 2.75) is 31.2 Å². The first-order valence-corrected chi connectivity index (χ1v) is 12.3. The number of phenolic OH excluding ortho intramolecular Hbond substituents is 1. The molecule has 1 aliphatic rings. The summed E-state index contributed by atoms with van der Waals surface area (Å²) in [7, 11) is -1.37. The van der Waals surface area contributed by atoms with Crippen LogP contribution in [-0.2, 0) is 25.8 Å². The predicted octanol–water partition coefficient (Wildman–Crippen LogP) is 2.85. The molecule has 1 heterocycles. The molecule has 1 atom stereocenters. The molecule has 2 aromatic rings. The summed E-state index contributed by atoms with van der Waals surface area (Å²) in [5.41, 5.74) is 1.27. The first-order chi connectivity index (χ1) is 16.1. The number of carbonyl (C=O) groups is 2. The molecule has 2 aromatic carbocycles. The van der Waals surface area contributed by atoms with Gasteiger partial charge in [0.1, 0.15) is 0 Å². The molecule has 10 heteroatoms. The Morgan fingerprint density at radius 2 is 1.79 bits per heavy atom. The lowest BCUT2D eigenvalue weighted by Gasteiger charge is -2.29. The summed E-state index contributed by atoms with van der Waals surface area (Å²) >= 11 is 0. The summed E-state index contributed by atoms with van der Waals surface area (Å²) in [6.45, 7) is 4.15. The van der Waals surface area contributed by atoms with Crippen molar-refractivity contribution in [2.75, 3.05) is 20.0 Å². The molecule has 0 fully saturated rings. The van der Waals surface area contributed by atoms with Crippen molar-refractivity contribution in [3.8, 4) is 11.5 Å². The van der Waals surface area contributed by atoms with Crippen molar-refractivity contribution in [3.05, 3.63) is 64.9 Å². The van der Waals surface area contributed by atoms with Gasteiger partial charge in [0.15, 0.2) is 21.3 Å². The fourth-order valence-corrected chi connectivity index (χ4v) is 5.11. The molecule has 2 amide bonds. The number of hydrogen-bond acceptors (Lipinski definition) is 7. The van der Waals surface area contributed by atoms with Gasteiger partial charge in [0.05, 0.1) is 36.5 Å². The number of methoxy groups -OCH3 is 2. The van der Waals surface area contributed by atoms with Gasteiger partial charge in [-0.3, -0.25) is 0 Å². The average molecular weight is 489 g/mol. The maximum Gasteiger partial charge on any atom is 0.338 e. The smallest absolute Gasteiger partial charge is 0.338 e. The lowest BCUT2D eigenvalue weighted by atomic mass is 9.95. The van der Waals surface area contributed by atoms with Gasteiger partial charge < -0.3 is 25.2 Å². The summed E-state index contributed by atoms with van der Waals surface area (Å²) in [4.78, 5) is 25.2. The Morgan fingerprint density at radius 3 is 2.38 bits per heavy atom. The van der Waals surface area contributed by atoms with Crippen LogP contribution >= 0.6 is 0 Å². The van der Waals surface area contributed by atoms with Crippen molar-refractivity contribution in [1.82, 2.24) is 10.6 Å². The third-order valence-corrected chi connectivity index (χ3v) is 7.02. The molecule has 3 N–H and O–H groups in total. The van der Waals surface area contributed by atoms with E-state index >= 15 is 0 Å². The number of phenols is 1. The topological polar surface area (TPSA) is 131 Å². The SMILES string of the molecule is COC(=O)C1=C(CS(=O)(=O)c2ccc(CC(C)C)cc2)NC(=O)N[C@@H]1c1ccc(O)c(OC)c1. The van der Waals surface area contributed by atoms with Gasteiger partial charge in [-0.1, -0.05) is 32.0 Å². The molecule has 0 saturated heterocycles. The second-order valence-electron chi connectivity index (χ2n) is 8.35. The first-order valence-electron chi connectivity index (χ1n) is 10.6. The number of carbonyl (C=O) groups excluding carboxylic acids is 2. The average Bonchev–Trinajstić information content (AvgIpc) is 2.78. The number of rotatable bonds is 8. The van der Waals surface area contributed by atoms with E-state index < -0.39 is 33.6 Å². The lowest BCUT2D eigenvalue weighted by Crippen LogP contribution is -2.47. The zero-order chi connectivity index (χ0) is 25.0. The zero-order valence-electron chi connectivity index (χ0n) is 19.4. The maximum atomic E-state index is 13.2. The van der Waals surface area contributed by atoms with Gasteiger partial charge in [-0.15, -0.1) is 0 Å². The van der Waals surface area contributed by atoms with Gasteiger partial charge in [-0.2, -0.15) is 0 Å². The molecule has 0 spiro atoms. The Bertz CT molecular complexity index is 1220. The van der Waals surface area contributed by atoms with Gasteiger partial charge in [-0.05, 0) is 47.7 Å². The van der Waals surface area contributed by atoms with Crippen LogP contribution < -0.4 is 15.4 Å². The van der Waals surface area contributed by atoms with E-state index in [1.807, 2.05) is 0 Å². The van der Waals surface area contributed by atoms with Crippen LogP contribution in [0.25, 0.3) is 0 Å². The highest BCUT2D eigenvalue weighted by molar-refractivity contribution is 7.91. The molecule has 34 heavy (non-hydrogen) atoms. The highest BCUT2D eigenvalue weighted by atomic mass is 32.2. The van der Waals surface area contributed by atoms with Crippen LogP contribution in [0, 0.1) is 5.92 Å². The largest absolute Gasteiger partial charge is 0.504 e. The molecule has 0 unspecified atom stereocenters. The number of sulfone groups is 1. The number of ether oxygens (including phenoxy) is 2. The zero-order valence-corrected chi connectivity index (χ0v) is 20.2. The fraction of sp³-hybridized carbons (Fsp3) is 0.333. The second-order valence-corrected chi connectivity index (χ2v) is 10.3. The minimum atomic E-state index is -3.90. The van der Waals surface area contributed by atoms with Crippen LogP contribution in [0.15, 0.2) is 58.6 Å². The van der Waals surface area contributed by atoms with Crippen LogP contribution in [0.1, 0.15) is 31.0 Å². The number of aromatic hydroxyl groups is 1. The van der Waals surface area contributed by atoms with Gasteiger partial charge in [0.2, 0.25) is 0 Å². The van der Waals surface area contributed by atoms with Crippen LogP contribution in [0.5, 0.6) is 11.5 Å².